The first kappa shape index (κ1) is 16.3. The first-order valence-electron chi connectivity index (χ1n) is 7.32. The van der Waals surface area contributed by atoms with Crippen molar-refractivity contribution in [1.29, 1.82) is 0 Å². The van der Waals surface area contributed by atoms with Gasteiger partial charge in [0.05, 0.1) is 21.3 Å². The van der Waals surface area contributed by atoms with Crippen molar-refractivity contribution in [1.82, 2.24) is 0 Å². The minimum absolute atomic E-state index is 0.222. The monoisotopic (exact) mass is 344 g/mol. The van der Waals surface area contributed by atoms with Crippen LogP contribution in [-0.2, 0) is 0 Å². The fourth-order valence-electron chi connectivity index (χ4n) is 2.49. The number of fused-ring (bicyclic) bond motifs is 1. The van der Waals surface area contributed by atoms with Gasteiger partial charge >= 0.3 is 0 Å². The molecule has 3 rings (SSSR count). The van der Waals surface area contributed by atoms with Crippen molar-refractivity contribution >= 4 is 33.6 Å². The van der Waals surface area contributed by atoms with Gasteiger partial charge in [-0.3, -0.25) is 0 Å². The molecule has 3 aromatic rings. The topological polar surface area (TPSA) is 27.7 Å². The van der Waals surface area contributed by atoms with E-state index in [0.717, 1.165) is 20.5 Å². The molecule has 5 heteroatoms. The lowest BCUT2D eigenvalue weighted by Crippen LogP contribution is -1.95. The van der Waals surface area contributed by atoms with Crippen molar-refractivity contribution in [2.45, 2.75) is 0 Å². The normalized spacial score (nSPS) is 11.2. The molecule has 0 fully saturated rings. The van der Waals surface area contributed by atoms with Gasteiger partial charge in [0.25, 0.3) is 0 Å². The predicted molar refractivity (Wildman–Crippen MR) is 96.8 cm³/mol. The van der Waals surface area contributed by atoms with Crippen LogP contribution in [0.3, 0.4) is 0 Å². The van der Waals surface area contributed by atoms with E-state index in [4.69, 9.17) is 14.2 Å². The number of halogens is 1. The van der Waals surface area contributed by atoms with Crippen LogP contribution in [0.2, 0.25) is 0 Å². The summed E-state index contributed by atoms with van der Waals surface area (Å²) < 4.78 is 30.4. The average Bonchev–Trinajstić information content (AvgIpc) is 3.00. The van der Waals surface area contributed by atoms with Crippen LogP contribution >= 0.6 is 11.3 Å². The van der Waals surface area contributed by atoms with E-state index in [-0.39, 0.29) is 5.82 Å². The molecule has 3 nitrogen and oxygen atoms in total. The molecule has 0 unspecified atom stereocenters. The van der Waals surface area contributed by atoms with E-state index < -0.39 is 0 Å². The standard InChI is InChI=1S/C19H17FO3S/c1-21-16-8-12(9-17(22-2)19(16)23-3)4-6-15-11-13-10-14(20)5-7-18(13)24-15/h4-11H,1-3H3/b6-4-. The zero-order valence-corrected chi connectivity index (χ0v) is 14.4. The summed E-state index contributed by atoms with van der Waals surface area (Å²) in [5.41, 5.74) is 0.924. The molecule has 1 aromatic heterocycles. The van der Waals surface area contributed by atoms with Crippen LogP contribution in [0, 0.1) is 5.82 Å². The highest BCUT2D eigenvalue weighted by Crippen LogP contribution is 2.38. The van der Waals surface area contributed by atoms with Gasteiger partial charge in [0, 0.05) is 9.58 Å². The first-order valence-corrected chi connectivity index (χ1v) is 8.13. The fraction of sp³-hybridized carbons (Fsp3) is 0.158. The van der Waals surface area contributed by atoms with Crippen LogP contribution < -0.4 is 14.2 Å². The van der Waals surface area contributed by atoms with E-state index in [1.54, 1.807) is 44.8 Å². The second-order valence-electron chi connectivity index (χ2n) is 5.12. The van der Waals surface area contributed by atoms with Crippen molar-refractivity contribution in [3.63, 3.8) is 0 Å². The summed E-state index contributed by atoms with van der Waals surface area (Å²) in [6, 6.07) is 10.5. The fourth-order valence-corrected chi connectivity index (χ4v) is 3.44. The summed E-state index contributed by atoms with van der Waals surface area (Å²) in [5, 5.41) is 0.907. The van der Waals surface area contributed by atoms with Crippen LogP contribution in [0.1, 0.15) is 10.4 Å². The maximum atomic E-state index is 13.3. The zero-order valence-electron chi connectivity index (χ0n) is 13.6. The molecule has 0 aliphatic rings. The van der Waals surface area contributed by atoms with Gasteiger partial charge in [-0.15, -0.1) is 11.3 Å². The van der Waals surface area contributed by atoms with Crippen molar-refractivity contribution in [3.05, 3.63) is 52.7 Å². The van der Waals surface area contributed by atoms with E-state index in [2.05, 4.69) is 0 Å². The summed E-state index contributed by atoms with van der Waals surface area (Å²) in [4.78, 5) is 1.05. The van der Waals surface area contributed by atoms with Gasteiger partial charge in [-0.2, -0.15) is 0 Å². The molecule has 0 saturated heterocycles. The molecule has 0 radical (unpaired) electrons. The van der Waals surface area contributed by atoms with Crippen LogP contribution in [-0.4, -0.2) is 21.3 Å². The Bertz CT molecular complexity index is 874. The van der Waals surface area contributed by atoms with Crippen molar-refractivity contribution in [2.24, 2.45) is 0 Å². The highest BCUT2D eigenvalue weighted by molar-refractivity contribution is 7.19. The van der Waals surface area contributed by atoms with Crippen molar-refractivity contribution in [2.75, 3.05) is 21.3 Å². The summed E-state index contributed by atoms with van der Waals surface area (Å²) in [6.07, 6.45) is 3.95. The molecule has 0 aliphatic heterocycles. The molecule has 0 bridgehead atoms. The number of ether oxygens (including phenoxy) is 3. The Balaban J connectivity index is 1.95. The molecule has 0 N–H and O–H groups in total. The SMILES string of the molecule is COc1cc(/C=C\c2cc3cc(F)ccc3s2)cc(OC)c1OC. The number of methoxy groups -OCH3 is 3. The molecule has 0 atom stereocenters. The Morgan fingerprint density at radius 1 is 0.875 bits per heavy atom. The average molecular weight is 344 g/mol. The molecule has 1 heterocycles. The highest BCUT2D eigenvalue weighted by atomic mass is 32.1. The van der Waals surface area contributed by atoms with Gasteiger partial charge in [0.15, 0.2) is 11.5 Å². The Morgan fingerprint density at radius 2 is 1.58 bits per heavy atom. The second kappa shape index (κ2) is 6.93. The van der Waals surface area contributed by atoms with E-state index in [1.807, 2.05) is 30.4 Å². The number of benzene rings is 2. The molecule has 0 aliphatic carbocycles. The molecule has 0 amide bonds. The summed E-state index contributed by atoms with van der Waals surface area (Å²) >= 11 is 1.61. The van der Waals surface area contributed by atoms with E-state index in [0.29, 0.717) is 17.2 Å². The van der Waals surface area contributed by atoms with E-state index in [1.165, 1.54) is 6.07 Å². The van der Waals surface area contributed by atoms with Crippen LogP contribution in [0.5, 0.6) is 17.2 Å². The largest absolute Gasteiger partial charge is 0.493 e. The van der Waals surface area contributed by atoms with Crippen molar-refractivity contribution < 1.29 is 18.6 Å². The van der Waals surface area contributed by atoms with E-state index in [9.17, 15) is 4.39 Å². The van der Waals surface area contributed by atoms with Gasteiger partial charge < -0.3 is 14.2 Å². The number of thiophene rings is 1. The lowest BCUT2D eigenvalue weighted by atomic mass is 10.1. The minimum Gasteiger partial charge on any atom is -0.493 e. The molecular weight excluding hydrogens is 327 g/mol. The molecule has 2 aromatic carbocycles. The summed E-state index contributed by atoms with van der Waals surface area (Å²) in [5.74, 6) is 1.56. The lowest BCUT2D eigenvalue weighted by molar-refractivity contribution is 0.324. The Hall–Kier alpha value is -2.53. The molecule has 124 valence electrons. The number of hydrogen-bond donors (Lipinski definition) is 0. The van der Waals surface area contributed by atoms with Crippen LogP contribution in [0.15, 0.2) is 36.4 Å². The quantitative estimate of drug-likeness (QED) is 0.634. The summed E-state index contributed by atoms with van der Waals surface area (Å²) in [6.45, 7) is 0. The lowest BCUT2D eigenvalue weighted by Gasteiger charge is -2.12. The van der Waals surface area contributed by atoms with Gasteiger partial charge in [0.2, 0.25) is 5.75 Å². The van der Waals surface area contributed by atoms with Gasteiger partial charge in [-0.05, 0) is 53.4 Å². The third-order valence-electron chi connectivity index (χ3n) is 3.62. The number of rotatable bonds is 5. The van der Waals surface area contributed by atoms with Crippen LogP contribution in [0.4, 0.5) is 4.39 Å². The van der Waals surface area contributed by atoms with Crippen molar-refractivity contribution in [3.8, 4) is 17.2 Å². The van der Waals surface area contributed by atoms with Crippen LogP contribution in [0.25, 0.3) is 22.2 Å². The molecule has 0 spiro atoms. The molecule has 24 heavy (non-hydrogen) atoms. The number of hydrogen-bond acceptors (Lipinski definition) is 4. The molecule has 0 saturated carbocycles. The maximum absolute atomic E-state index is 13.3. The molecular formula is C19H17FO3S. The Kier molecular flexibility index (Phi) is 4.71. The predicted octanol–water partition coefficient (Wildman–Crippen LogP) is 5.24. The third-order valence-corrected chi connectivity index (χ3v) is 4.71. The van der Waals surface area contributed by atoms with Gasteiger partial charge in [0.1, 0.15) is 5.82 Å². The van der Waals surface area contributed by atoms with Gasteiger partial charge in [-0.25, -0.2) is 4.39 Å². The van der Waals surface area contributed by atoms with Gasteiger partial charge in [-0.1, -0.05) is 6.08 Å². The Labute approximate surface area is 143 Å². The summed E-state index contributed by atoms with van der Waals surface area (Å²) in [7, 11) is 4.75. The first-order chi connectivity index (χ1) is 11.6. The zero-order chi connectivity index (χ0) is 17.1. The second-order valence-corrected chi connectivity index (χ2v) is 6.24. The third kappa shape index (κ3) is 3.21. The van der Waals surface area contributed by atoms with E-state index >= 15 is 0 Å². The Morgan fingerprint density at radius 3 is 2.21 bits per heavy atom. The minimum atomic E-state index is -0.222. The highest BCUT2D eigenvalue weighted by Gasteiger charge is 2.12. The smallest absolute Gasteiger partial charge is 0.203 e. The maximum Gasteiger partial charge on any atom is 0.203 e.